The summed E-state index contributed by atoms with van der Waals surface area (Å²) in [6.07, 6.45) is 3.26. The Morgan fingerprint density at radius 1 is 1.38 bits per heavy atom. The fourth-order valence-corrected chi connectivity index (χ4v) is 1.79. The summed E-state index contributed by atoms with van der Waals surface area (Å²) in [5.74, 6) is 0.651. The highest BCUT2D eigenvalue weighted by Gasteiger charge is 2.11. The van der Waals surface area contributed by atoms with E-state index in [0.717, 1.165) is 19.3 Å². The van der Waals surface area contributed by atoms with Crippen molar-refractivity contribution in [1.29, 1.82) is 0 Å². The predicted molar refractivity (Wildman–Crippen MR) is 68.8 cm³/mol. The normalized spacial score (nSPS) is 12.5. The van der Waals surface area contributed by atoms with Crippen molar-refractivity contribution in [3.8, 4) is 0 Å². The standard InChI is InChI=1S/C11H19ClN4/c1-4-6-8(5-2)15-10-9(13)7(3)14-11(12)16-10/h8H,4-6,13H2,1-3H3,(H,14,15,16). The van der Waals surface area contributed by atoms with Crippen LogP contribution in [-0.2, 0) is 0 Å². The van der Waals surface area contributed by atoms with Crippen molar-refractivity contribution in [3.05, 3.63) is 11.0 Å². The van der Waals surface area contributed by atoms with Crippen molar-refractivity contribution in [1.82, 2.24) is 9.97 Å². The minimum atomic E-state index is 0.237. The van der Waals surface area contributed by atoms with Crippen LogP contribution in [0, 0.1) is 6.92 Å². The van der Waals surface area contributed by atoms with Gasteiger partial charge < -0.3 is 11.1 Å². The zero-order valence-electron chi connectivity index (χ0n) is 10.0. The van der Waals surface area contributed by atoms with Crippen LogP contribution in [0.15, 0.2) is 0 Å². The lowest BCUT2D eigenvalue weighted by Crippen LogP contribution is -2.20. The maximum Gasteiger partial charge on any atom is 0.224 e. The van der Waals surface area contributed by atoms with Crippen LogP contribution in [0.1, 0.15) is 38.8 Å². The zero-order valence-corrected chi connectivity index (χ0v) is 10.8. The van der Waals surface area contributed by atoms with Gasteiger partial charge in [-0.05, 0) is 31.4 Å². The molecule has 0 radical (unpaired) electrons. The quantitative estimate of drug-likeness (QED) is 0.779. The van der Waals surface area contributed by atoms with Gasteiger partial charge in [0.25, 0.3) is 0 Å². The maximum atomic E-state index is 5.90. The minimum absolute atomic E-state index is 0.237. The Bertz CT molecular complexity index is 354. The van der Waals surface area contributed by atoms with Gasteiger partial charge in [0.05, 0.1) is 11.4 Å². The highest BCUT2D eigenvalue weighted by Crippen LogP contribution is 2.22. The predicted octanol–water partition coefficient (Wildman–Crippen LogP) is 3.01. The van der Waals surface area contributed by atoms with Crippen LogP contribution < -0.4 is 11.1 Å². The lowest BCUT2D eigenvalue weighted by molar-refractivity contribution is 0.620. The summed E-state index contributed by atoms with van der Waals surface area (Å²) < 4.78 is 0. The van der Waals surface area contributed by atoms with Gasteiger partial charge in [0.15, 0.2) is 5.82 Å². The Morgan fingerprint density at radius 2 is 2.06 bits per heavy atom. The number of halogens is 1. The minimum Gasteiger partial charge on any atom is -0.394 e. The second kappa shape index (κ2) is 5.89. The topological polar surface area (TPSA) is 63.8 Å². The number of aryl methyl sites for hydroxylation is 1. The summed E-state index contributed by atoms with van der Waals surface area (Å²) in [7, 11) is 0. The number of nitrogen functional groups attached to an aromatic ring is 1. The zero-order chi connectivity index (χ0) is 12.1. The third-order valence-corrected chi connectivity index (χ3v) is 2.75. The van der Waals surface area contributed by atoms with E-state index in [4.69, 9.17) is 17.3 Å². The Labute approximate surface area is 102 Å². The van der Waals surface area contributed by atoms with E-state index in [9.17, 15) is 0 Å². The molecule has 1 rings (SSSR count). The molecule has 16 heavy (non-hydrogen) atoms. The molecule has 0 fully saturated rings. The van der Waals surface area contributed by atoms with Gasteiger partial charge in [0.2, 0.25) is 5.28 Å². The molecule has 1 atom stereocenters. The van der Waals surface area contributed by atoms with Crippen LogP contribution in [0.3, 0.4) is 0 Å². The summed E-state index contributed by atoms with van der Waals surface area (Å²) in [4.78, 5) is 8.12. The number of nitrogens with two attached hydrogens (primary N) is 1. The van der Waals surface area contributed by atoms with Gasteiger partial charge in [-0.1, -0.05) is 20.3 Å². The molecule has 1 unspecified atom stereocenters. The van der Waals surface area contributed by atoms with Gasteiger partial charge >= 0.3 is 0 Å². The van der Waals surface area contributed by atoms with Crippen LogP contribution in [0.5, 0.6) is 0 Å². The van der Waals surface area contributed by atoms with E-state index in [0.29, 0.717) is 23.2 Å². The van der Waals surface area contributed by atoms with Crippen molar-refractivity contribution in [2.45, 2.75) is 46.1 Å². The second-order valence-corrected chi connectivity index (χ2v) is 4.22. The molecule has 0 aromatic carbocycles. The second-order valence-electron chi connectivity index (χ2n) is 3.88. The lowest BCUT2D eigenvalue weighted by Gasteiger charge is -2.18. The third-order valence-electron chi connectivity index (χ3n) is 2.58. The first-order valence-electron chi connectivity index (χ1n) is 5.64. The van der Waals surface area contributed by atoms with Crippen LogP contribution in [0.2, 0.25) is 5.28 Å². The van der Waals surface area contributed by atoms with E-state index in [1.165, 1.54) is 0 Å². The number of nitrogens with zero attached hydrogens (tertiary/aromatic N) is 2. The van der Waals surface area contributed by atoms with E-state index >= 15 is 0 Å². The Kier molecular flexibility index (Phi) is 4.80. The van der Waals surface area contributed by atoms with Crippen molar-refractivity contribution in [2.24, 2.45) is 0 Å². The molecule has 4 nitrogen and oxygen atoms in total. The van der Waals surface area contributed by atoms with Crippen molar-refractivity contribution >= 4 is 23.1 Å². The molecular formula is C11H19ClN4. The number of aromatic nitrogens is 2. The molecular weight excluding hydrogens is 224 g/mol. The van der Waals surface area contributed by atoms with Crippen LogP contribution in [-0.4, -0.2) is 16.0 Å². The SMILES string of the molecule is CCCC(CC)Nc1nc(Cl)nc(C)c1N. The summed E-state index contributed by atoms with van der Waals surface area (Å²) in [6.45, 7) is 6.12. The van der Waals surface area contributed by atoms with Gasteiger partial charge in [-0.25, -0.2) is 4.98 Å². The Hall–Kier alpha value is -1.03. The number of rotatable bonds is 5. The highest BCUT2D eigenvalue weighted by atomic mass is 35.5. The summed E-state index contributed by atoms with van der Waals surface area (Å²) >= 11 is 5.81. The first-order valence-corrected chi connectivity index (χ1v) is 6.02. The molecule has 0 saturated carbocycles. The molecule has 0 aliphatic carbocycles. The summed E-state index contributed by atoms with van der Waals surface area (Å²) in [5.41, 5.74) is 7.20. The van der Waals surface area contributed by atoms with Gasteiger partial charge in [0, 0.05) is 6.04 Å². The number of hydrogen-bond donors (Lipinski definition) is 2. The van der Waals surface area contributed by atoms with Crippen LogP contribution in [0.4, 0.5) is 11.5 Å². The molecule has 5 heteroatoms. The monoisotopic (exact) mass is 242 g/mol. The Morgan fingerprint density at radius 3 is 2.62 bits per heavy atom. The first-order chi connectivity index (χ1) is 7.58. The van der Waals surface area contributed by atoms with Gasteiger partial charge in [0.1, 0.15) is 0 Å². The molecule has 1 aromatic heterocycles. The van der Waals surface area contributed by atoms with Gasteiger partial charge in [-0.3, -0.25) is 0 Å². The molecule has 90 valence electrons. The average Bonchev–Trinajstić information content (AvgIpc) is 2.24. The smallest absolute Gasteiger partial charge is 0.224 e. The van der Waals surface area contributed by atoms with E-state index in [1.54, 1.807) is 0 Å². The van der Waals surface area contributed by atoms with E-state index in [1.807, 2.05) is 6.92 Å². The van der Waals surface area contributed by atoms with E-state index in [-0.39, 0.29) is 5.28 Å². The molecule has 3 N–H and O–H groups in total. The molecule has 1 heterocycles. The molecule has 0 bridgehead atoms. The molecule has 0 aliphatic rings. The fraction of sp³-hybridized carbons (Fsp3) is 0.636. The summed E-state index contributed by atoms with van der Waals surface area (Å²) in [6, 6.07) is 0.387. The fourth-order valence-electron chi connectivity index (χ4n) is 1.58. The Balaban J connectivity index is 2.87. The molecule has 0 saturated heterocycles. The van der Waals surface area contributed by atoms with Gasteiger partial charge in [-0.2, -0.15) is 4.98 Å². The lowest BCUT2D eigenvalue weighted by atomic mass is 10.1. The van der Waals surface area contributed by atoms with Crippen molar-refractivity contribution in [2.75, 3.05) is 11.1 Å². The number of hydrogen-bond acceptors (Lipinski definition) is 4. The molecule has 0 aliphatic heterocycles. The summed E-state index contributed by atoms with van der Waals surface area (Å²) in [5, 5.41) is 3.56. The van der Waals surface area contributed by atoms with Gasteiger partial charge in [-0.15, -0.1) is 0 Å². The largest absolute Gasteiger partial charge is 0.394 e. The van der Waals surface area contributed by atoms with E-state index in [2.05, 4.69) is 29.1 Å². The number of anilines is 2. The highest BCUT2D eigenvalue weighted by molar-refractivity contribution is 6.28. The van der Waals surface area contributed by atoms with Crippen LogP contribution >= 0.6 is 11.6 Å². The van der Waals surface area contributed by atoms with Crippen molar-refractivity contribution < 1.29 is 0 Å². The number of nitrogens with one attached hydrogen (secondary N) is 1. The average molecular weight is 243 g/mol. The van der Waals surface area contributed by atoms with Crippen molar-refractivity contribution in [3.63, 3.8) is 0 Å². The van der Waals surface area contributed by atoms with E-state index < -0.39 is 0 Å². The molecule has 1 aromatic rings. The third kappa shape index (κ3) is 3.23. The first kappa shape index (κ1) is 13.0. The molecule has 0 amide bonds. The van der Waals surface area contributed by atoms with Crippen LogP contribution in [0.25, 0.3) is 0 Å². The maximum absolute atomic E-state index is 5.90. The molecule has 0 spiro atoms.